The Hall–Kier alpha value is -4.15. The molecule has 2 aliphatic carbocycles. The van der Waals surface area contributed by atoms with E-state index in [1.807, 2.05) is 17.1 Å². The van der Waals surface area contributed by atoms with Gasteiger partial charge < -0.3 is 20.1 Å². The van der Waals surface area contributed by atoms with E-state index in [-0.39, 0.29) is 24.1 Å². The smallest absolute Gasteiger partial charge is 0.337 e. The van der Waals surface area contributed by atoms with Crippen LogP contribution in [0.4, 0.5) is 0 Å². The van der Waals surface area contributed by atoms with Gasteiger partial charge in [-0.1, -0.05) is 30.4 Å². The second-order valence-corrected chi connectivity index (χ2v) is 12.0. The van der Waals surface area contributed by atoms with Crippen LogP contribution in [0.2, 0.25) is 0 Å². The van der Waals surface area contributed by atoms with Gasteiger partial charge in [0.1, 0.15) is 0 Å². The van der Waals surface area contributed by atoms with Crippen LogP contribution in [0.3, 0.4) is 0 Å². The largest absolute Gasteiger partial charge is 0.465 e. The first-order valence-electron chi connectivity index (χ1n) is 15.5. The normalized spacial score (nSPS) is 26.8. The number of aromatic nitrogens is 2. The summed E-state index contributed by atoms with van der Waals surface area (Å²) >= 11 is 0. The van der Waals surface area contributed by atoms with Crippen molar-refractivity contribution in [1.29, 1.82) is 0 Å². The number of hydrogen-bond donors (Lipinski definition) is 2. The Morgan fingerprint density at radius 1 is 0.977 bits per heavy atom. The maximum atomic E-state index is 13.2. The maximum absolute atomic E-state index is 13.2. The molecule has 44 heavy (non-hydrogen) atoms. The lowest BCUT2D eigenvalue weighted by Crippen LogP contribution is -2.48. The molecule has 2 aromatic rings. The van der Waals surface area contributed by atoms with Gasteiger partial charge in [0.2, 0.25) is 5.91 Å². The fourth-order valence-electron chi connectivity index (χ4n) is 7.34. The van der Waals surface area contributed by atoms with Crippen LogP contribution in [-0.4, -0.2) is 93.1 Å². The number of allylic oxidation sites excluding steroid dienone is 4. The number of hydrogen-bond acceptors (Lipinski definition) is 8. The molecule has 2 unspecified atom stereocenters. The predicted octanol–water partition coefficient (Wildman–Crippen LogP) is 3.31. The third-order valence-corrected chi connectivity index (χ3v) is 9.62. The van der Waals surface area contributed by atoms with E-state index in [9.17, 15) is 19.5 Å². The van der Waals surface area contributed by atoms with Gasteiger partial charge >= 0.3 is 5.97 Å². The third kappa shape index (κ3) is 6.09. The molecule has 3 heterocycles. The van der Waals surface area contributed by atoms with Crippen molar-refractivity contribution >= 4 is 23.4 Å². The van der Waals surface area contributed by atoms with E-state index in [0.717, 1.165) is 49.8 Å². The monoisotopic (exact) mass is 597 g/mol. The first-order valence-corrected chi connectivity index (χ1v) is 15.5. The number of likely N-dealkylation sites (tertiary alicyclic amines) is 2. The Morgan fingerprint density at radius 3 is 2.50 bits per heavy atom. The predicted molar refractivity (Wildman–Crippen MR) is 164 cm³/mol. The third-order valence-electron chi connectivity index (χ3n) is 9.62. The van der Waals surface area contributed by atoms with Crippen LogP contribution in [0.25, 0.3) is 5.57 Å². The fraction of sp³-hybridized carbons (Fsp3) is 0.441. The highest BCUT2D eigenvalue weighted by Crippen LogP contribution is 2.42. The van der Waals surface area contributed by atoms with Crippen LogP contribution in [0.15, 0.2) is 72.6 Å². The van der Waals surface area contributed by atoms with Gasteiger partial charge in [0.25, 0.3) is 5.91 Å². The zero-order valence-electron chi connectivity index (χ0n) is 25.0. The molecule has 2 atom stereocenters. The Morgan fingerprint density at radius 2 is 1.73 bits per heavy atom. The summed E-state index contributed by atoms with van der Waals surface area (Å²) < 4.78 is 4.73. The second kappa shape index (κ2) is 12.8. The van der Waals surface area contributed by atoms with Crippen molar-refractivity contribution in [3.05, 3.63) is 89.6 Å². The molecule has 2 aliphatic heterocycles. The minimum absolute atomic E-state index is 0.0867. The topological polar surface area (TPSA) is 125 Å². The first-order chi connectivity index (χ1) is 21.4. The molecule has 6 rings (SSSR count). The standard InChI is InChI=1S/C34H39N5O5/c1-44-33(42)25-7-2-6-24(21-25)32(41)37-22-30(40)39-20-14-28-29(39)13-19-38(28)27-11-15-34(43,16-12-27)26-8-3-5-23(9-10-26)31-35-17-4-18-36-31/h2,4-10,17-18,21,27-29,43H,3,11-16,19-20,22H2,1H3,(H,37,41). The van der Waals surface area contributed by atoms with Gasteiger partial charge in [0.15, 0.2) is 5.82 Å². The average molecular weight is 598 g/mol. The van der Waals surface area contributed by atoms with Crippen molar-refractivity contribution in [3.8, 4) is 0 Å². The molecule has 2 N–H and O–H groups in total. The van der Waals surface area contributed by atoms with Gasteiger partial charge in [-0.3, -0.25) is 14.5 Å². The van der Waals surface area contributed by atoms with Gasteiger partial charge in [-0.15, -0.1) is 0 Å². The molecule has 4 aliphatic rings. The molecule has 230 valence electrons. The number of benzene rings is 1. The summed E-state index contributed by atoms with van der Waals surface area (Å²) in [5.41, 5.74) is 1.67. The lowest BCUT2D eigenvalue weighted by Gasteiger charge is -2.42. The summed E-state index contributed by atoms with van der Waals surface area (Å²) in [6, 6.07) is 8.89. The number of rotatable bonds is 7. The molecular formula is C34H39N5O5. The van der Waals surface area contributed by atoms with E-state index >= 15 is 0 Å². The lowest BCUT2D eigenvalue weighted by molar-refractivity contribution is -0.130. The van der Waals surface area contributed by atoms with Gasteiger partial charge in [0, 0.05) is 54.7 Å². The van der Waals surface area contributed by atoms with Crippen molar-refractivity contribution in [3.63, 3.8) is 0 Å². The Kier molecular flexibility index (Phi) is 8.72. The van der Waals surface area contributed by atoms with Crippen LogP contribution in [0.1, 0.15) is 71.5 Å². The average Bonchev–Trinajstić information content (AvgIpc) is 3.57. The molecule has 2 saturated heterocycles. The zero-order chi connectivity index (χ0) is 30.7. The molecule has 0 bridgehead atoms. The Bertz CT molecular complexity index is 1490. The number of carbonyl (C=O) groups excluding carboxylic acids is 3. The highest BCUT2D eigenvalue weighted by molar-refractivity contribution is 5.99. The summed E-state index contributed by atoms with van der Waals surface area (Å²) in [6.07, 6.45) is 17.5. The molecule has 0 spiro atoms. The summed E-state index contributed by atoms with van der Waals surface area (Å²) in [7, 11) is 1.29. The molecule has 2 amide bonds. The minimum atomic E-state index is -0.848. The van der Waals surface area contributed by atoms with Gasteiger partial charge in [-0.2, -0.15) is 0 Å². The Balaban J connectivity index is 1.01. The van der Waals surface area contributed by atoms with Crippen LogP contribution in [0.5, 0.6) is 0 Å². The SMILES string of the molecule is COC(=O)c1cccc(C(=O)NCC(=O)N2CCC3C2CCN3C2CCC(O)(C3=CCC=C(c4ncccn4)C=C3)CC2)c1. The molecule has 1 aromatic heterocycles. The highest BCUT2D eigenvalue weighted by Gasteiger charge is 2.48. The number of esters is 1. The van der Waals surface area contributed by atoms with Crippen LogP contribution >= 0.6 is 0 Å². The first kappa shape index (κ1) is 29.9. The number of amides is 2. The van der Waals surface area contributed by atoms with Gasteiger partial charge in [-0.05, 0) is 74.8 Å². The van der Waals surface area contributed by atoms with Crippen LogP contribution in [0, 0.1) is 0 Å². The van der Waals surface area contributed by atoms with E-state index in [1.54, 1.807) is 36.7 Å². The van der Waals surface area contributed by atoms with Gasteiger partial charge in [-0.25, -0.2) is 14.8 Å². The summed E-state index contributed by atoms with van der Waals surface area (Å²) in [5.74, 6) is -0.317. The number of methoxy groups -OCH3 is 1. The summed E-state index contributed by atoms with van der Waals surface area (Å²) in [5, 5.41) is 14.4. The molecular weight excluding hydrogens is 558 g/mol. The Labute approximate surface area is 257 Å². The van der Waals surface area contributed by atoms with Crippen molar-refractivity contribution in [2.24, 2.45) is 0 Å². The summed E-state index contributed by atoms with van der Waals surface area (Å²) in [4.78, 5) is 50.9. The number of fused-ring (bicyclic) bond motifs is 1. The number of aliphatic hydroxyl groups is 1. The van der Waals surface area contributed by atoms with Crippen LogP contribution in [-0.2, 0) is 9.53 Å². The lowest BCUT2D eigenvalue weighted by atomic mass is 9.76. The maximum Gasteiger partial charge on any atom is 0.337 e. The van der Waals surface area contributed by atoms with E-state index in [2.05, 4.69) is 32.3 Å². The van der Waals surface area contributed by atoms with E-state index in [1.165, 1.54) is 13.2 Å². The van der Waals surface area contributed by atoms with Crippen molar-refractivity contribution in [1.82, 2.24) is 25.1 Å². The quantitative estimate of drug-likeness (QED) is 0.466. The molecule has 0 radical (unpaired) electrons. The molecule has 1 aromatic carbocycles. The number of nitrogens with one attached hydrogen (secondary N) is 1. The van der Waals surface area contributed by atoms with Crippen molar-refractivity contribution in [2.75, 3.05) is 26.7 Å². The number of carbonyl (C=O) groups is 3. The fourth-order valence-corrected chi connectivity index (χ4v) is 7.34. The van der Waals surface area contributed by atoms with E-state index in [4.69, 9.17) is 4.74 Å². The number of nitrogens with zero attached hydrogens (tertiary/aromatic N) is 4. The van der Waals surface area contributed by atoms with E-state index < -0.39 is 17.5 Å². The second-order valence-electron chi connectivity index (χ2n) is 12.0. The molecule has 10 nitrogen and oxygen atoms in total. The highest BCUT2D eigenvalue weighted by atomic mass is 16.5. The zero-order valence-corrected chi connectivity index (χ0v) is 25.0. The molecule has 3 fully saturated rings. The van der Waals surface area contributed by atoms with Gasteiger partial charge in [0.05, 0.1) is 24.8 Å². The molecule has 1 saturated carbocycles. The molecule has 10 heteroatoms. The van der Waals surface area contributed by atoms with E-state index in [0.29, 0.717) is 42.9 Å². The van der Waals surface area contributed by atoms with Crippen LogP contribution < -0.4 is 5.32 Å². The van der Waals surface area contributed by atoms with Crippen molar-refractivity contribution < 1.29 is 24.2 Å². The minimum Gasteiger partial charge on any atom is -0.465 e. The van der Waals surface area contributed by atoms with Crippen molar-refractivity contribution in [2.45, 2.75) is 68.7 Å². The summed E-state index contributed by atoms with van der Waals surface area (Å²) in [6.45, 7) is 1.52. The number of ether oxygens (including phenoxy) is 1.